The van der Waals surface area contributed by atoms with E-state index in [1.54, 1.807) is 6.20 Å². The summed E-state index contributed by atoms with van der Waals surface area (Å²) in [6.45, 7) is 11.9. The first-order valence-corrected chi connectivity index (χ1v) is 9.63. The first-order valence-electron chi connectivity index (χ1n) is 9.63. The van der Waals surface area contributed by atoms with Gasteiger partial charge in [-0.25, -0.2) is 0 Å². The fourth-order valence-corrected chi connectivity index (χ4v) is 3.24. The first kappa shape index (κ1) is 19.6. The van der Waals surface area contributed by atoms with E-state index >= 15 is 0 Å². The standard InChI is InChI=1S/C21H31N5O/c1-21(2,3)17-12-20(14-24-13-17)27-16-18(22)15-25-8-10-26(11-9-25)19-4-6-23-7-5-19/h4-7,12-14,18H,8-11,15-16,22H2,1-3H3/t18-/m0/s1. The average Bonchev–Trinajstić information content (AvgIpc) is 2.67. The van der Waals surface area contributed by atoms with Gasteiger partial charge in [-0.2, -0.15) is 0 Å². The van der Waals surface area contributed by atoms with Crippen LogP contribution in [0.3, 0.4) is 0 Å². The van der Waals surface area contributed by atoms with Gasteiger partial charge >= 0.3 is 0 Å². The van der Waals surface area contributed by atoms with Crippen LogP contribution in [0.5, 0.6) is 5.75 Å². The second-order valence-electron chi connectivity index (χ2n) is 8.22. The quantitative estimate of drug-likeness (QED) is 0.843. The van der Waals surface area contributed by atoms with Crippen LogP contribution in [0.15, 0.2) is 43.0 Å². The molecule has 1 atom stereocenters. The zero-order valence-corrected chi connectivity index (χ0v) is 16.6. The lowest BCUT2D eigenvalue weighted by molar-refractivity contribution is 0.204. The summed E-state index contributed by atoms with van der Waals surface area (Å²) in [4.78, 5) is 13.2. The number of rotatable bonds is 6. The van der Waals surface area contributed by atoms with Crippen molar-refractivity contribution in [2.24, 2.45) is 5.73 Å². The zero-order chi connectivity index (χ0) is 19.3. The molecule has 0 bridgehead atoms. The van der Waals surface area contributed by atoms with E-state index in [-0.39, 0.29) is 11.5 Å². The van der Waals surface area contributed by atoms with E-state index in [1.165, 1.54) is 11.3 Å². The summed E-state index contributed by atoms with van der Waals surface area (Å²) in [6.07, 6.45) is 7.35. The Morgan fingerprint density at radius 3 is 2.44 bits per heavy atom. The lowest BCUT2D eigenvalue weighted by Gasteiger charge is -2.37. The highest BCUT2D eigenvalue weighted by Crippen LogP contribution is 2.24. The molecule has 0 amide bonds. The number of nitrogens with zero attached hydrogens (tertiary/aromatic N) is 4. The molecule has 6 heteroatoms. The maximum Gasteiger partial charge on any atom is 0.137 e. The monoisotopic (exact) mass is 369 g/mol. The molecule has 2 aromatic heterocycles. The molecule has 0 unspecified atom stereocenters. The number of hydrogen-bond donors (Lipinski definition) is 1. The van der Waals surface area contributed by atoms with E-state index in [0.29, 0.717) is 6.61 Å². The number of pyridine rings is 2. The largest absolute Gasteiger partial charge is 0.490 e. The zero-order valence-electron chi connectivity index (χ0n) is 16.6. The van der Waals surface area contributed by atoms with Crippen LogP contribution < -0.4 is 15.4 Å². The number of aromatic nitrogens is 2. The molecule has 2 aromatic rings. The SMILES string of the molecule is CC(C)(C)c1cncc(OC[C@@H](N)CN2CCN(c3ccncc3)CC2)c1. The highest BCUT2D eigenvalue weighted by molar-refractivity contribution is 5.44. The third-order valence-electron chi connectivity index (χ3n) is 4.94. The van der Waals surface area contributed by atoms with Gasteiger partial charge in [0.15, 0.2) is 0 Å². The van der Waals surface area contributed by atoms with Gasteiger partial charge < -0.3 is 15.4 Å². The summed E-state index contributed by atoms with van der Waals surface area (Å²) in [5.74, 6) is 0.792. The molecule has 0 radical (unpaired) electrons. The van der Waals surface area contributed by atoms with E-state index in [9.17, 15) is 0 Å². The molecular formula is C21H31N5O. The molecule has 0 aromatic carbocycles. The predicted octanol–water partition coefficient (Wildman–Crippen LogP) is 2.30. The van der Waals surface area contributed by atoms with Crippen molar-refractivity contribution in [3.63, 3.8) is 0 Å². The van der Waals surface area contributed by atoms with Crippen LogP contribution in [0.1, 0.15) is 26.3 Å². The third kappa shape index (κ3) is 5.65. The van der Waals surface area contributed by atoms with Crippen molar-refractivity contribution >= 4 is 5.69 Å². The van der Waals surface area contributed by atoms with E-state index in [2.05, 4.69) is 58.7 Å². The van der Waals surface area contributed by atoms with Gasteiger partial charge in [-0.1, -0.05) is 20.8 Å². The molecule has 146 valence electrons. The van der Waals surface area contributed by atoms with Crippen molar-refractivity contribution in [3.05, 3.63) is 48.5 Å². The fourth-order valence-electron chi connectivity index (χ4n) is 3.24. The number of piperazine rings is 1. The van der Waals surface area contributed by atoms with Gasteiger partial charge in [0.25, 0.3) is 0 Å². The van der Waals surface area contributed by atoms with Crippen molar-refractivity contribution in [2.75, 3.05) is 44.2 Å². The fraction of sp³-hybridized carbons (Fsp3) is 0.524. The van der Waals surface area contributed by atoms with Gasteiger partial charge in [0.2, 0.25) is 0 Å². The van der Waals surface area contributed by atoms with Gasteiger partial charge in [0.1, 0.15) is 12.4 Å². The summed E-state index contributed by atoms with van der Waals surface area (Å²) in [7, 11) is 0. The normalized spacial score (nSPS) is 17.0. The third-order valence-corrected chi connectivity index (χ3v) is 4.94. The summed E-state index contributed by atoms with van der Waals surface area (Å²) < 4.78 is 5.90. The van der Waals surface area contributed by atoms with Crippen LogP contribution in [0.2, 0.25) is 0 Å². The Labute approximate surface area is 162 Å². The van der Waals surface area contributed by atoms with Gasteiger partial charge in [0, 0.05) is 57.0 Å². The Bertz CT molecular complexity index is 708. The van der Waals surface area contributed by atoms with Crippen molar-refractivity contribution < 1.29 is 4.74 Å². The molecule has 2 N–H and O–H groups in total. The predicted molar refractivity (Wildman–Crippen MR) is 109 cm³/mol. The molecule has 1 aliphatic heterocycles. The Morgan fingerprint density at radius 1 is 1.07 bits per heavy atom. The molecule has 3 heterocycles. The summed E-state index contributed by atoms with van der Waals surface area (Å²) >= 11 is 0. The van der Waals surface area contributed by atoms with Crippen LogP contribution >= 0.6 is 0 Å². The Hall–Kier alpha value is -2.18. The molecular weight excluding hydrogens is 338 g/mol. The van der Waals surface area contributed by atoms with Crippen molar-refractivity contribution in [1.82, 2.24) is 14.9 Å². The molecule has 1 saturated heterocycles. The molecule has 0 spiro atoms. The minimum absolute atomic E-state index is 0.0178. The Balaban J connectivity index is 1.43. The average molecular weight is 370 g/mol. The van der Waals surface area contributed by atoms with Gasteiger partial charge in [-0.15, -0.1) is 0 Å². The Kier molecular flexibility index (Phi) is 6.29. The lowest BCUT2D eigenvalue weighted by atomic mass is 9.88. The van der Waals surface area contributed by atoms with E-state index in [0.717, 1.165) is 38.5 Å². The number of ether oxygens (including phenoxy) is 1. The molecule has 1 aliphatic rings. The lowest BCUT2D eigenvalue weighted by Crippen LogP contribution is -2.51. The summed E-state index contributed by atoms with van der Waals surface area (Å²) in [5.41, 5.74) is 8.78. The minimum atomic E-state index is -0.0178. The topological polar surface area (TPSA) is 67.5 Å². The summed E-state index contributed by atoms with van der Waals surface area (Å²) in [5, 5.41) is 0. The number of hydrogen-bond acceptors (Lipinski definition) is 6. The highest BCUT2D eigenvalue weighted by atomic mass is 16.5. The maximum absolute atomic E-state index is 6.31. The molecule has 6 nitrogen and oxygen atoms in total. The van der Waals surface area contributed by atoms with Crippen molar-refractivity contribution in [1.29, 1.82) is 0 Å². The van der Waals surface area contributed by atoms with E-state index < -0.39 is 0 Å². The van der Waals surface area contributed by atoms with Crippen LogP contribution in [0, 0.1) is 0 Å². The first-order chi connectivity index (χ1) is 12.9. The molecule has 3 rings (SSSR count). The number of anilines is 1. The molecule has 27 heavy (non-hydrogen) atoms. The van der Waals surface area contributed by atoms with Gasteiger partial charge in [-0.3, -0.25) is 14.9 Å². The van der Waals surface area contributed by atoms with Gasteiger partial charge in [0.05, 0.1) is 12.2 Å². The van der Waals surface area contributed by atoms with Crippen LogP contribution in [0.25, 0.3) is 0 Å². The molecule has 1 fully saturated rings. The van der Waals surface area contributed by atoms with E-state index in [4.69, 9.17) is 10.5 Å². The van der Waals surface area contributed by atoms with Crippen LogP contribution in [0.4, 0.5) is 5.69 Å². The van der Waals surface area contributed by atoms with Crippen LogP contribution in [-0.4, -0.2) is 60.2 Å². The minimum Gasteiger partial charge on any atom is -0.490 e. The summed E-state index contributed by atoms with van der Waals surface area (Å²) in [6, 6.07) is 6.17. The smallest absolute Gasteiger partial charge is 0.137 e. The maximum atomic E-state index is 6.31. The highest BCUT2D eigenvalue weighted by Gasteiger charge is 2.19. The number of nitrogens with two attached hydrogens (primary N) is 1. The van der Waals surface area contributed by atoms with E-state index in [1.807, 2.05) is 18.6 Å². The van der Waals surface area contributed by atoms with Gasteiger partial charge in [-0.05, 0) is 29.2 Å². The van der Waals surface area contributed by atoms with Crippen molar-refractivity contribution in [3.8, 4) is 5.75 Å². The second kappa shape index (κ2) is 8.67. The van der Waals surface area contributed by atoms with Crippen LogP contribution in [-0.2, 0) is 5.41 Å². The Morgan fingerprint density at radius 2 is 1.78 bits per heavy atom. The van der Waals surface area contributed by atoms with Crippen molar-refractivity contribution in [2.45, 2.75) is 32.2 Å². The second-order valence-corrected chi connectivity index (χ2v) is 8.22. The molecule has 0 aliphatic carbocycles. The molecule has 0 saturated carbocycles.